The van der Waals surface area contributed by atoms with Crippen LogP contribution in [0.2, 0.25) is 5.02 Å². The first-order valence-electron chi connectivity index (χ1n) is 10.7. The van der Waals surface area contributed by atoms with Gasteiger partial charge >= 0.3 is 0 Å². The minimum atomic E-state index is -0.0275. The van der Waals surface area contributed by atoms with Gasteiger partial charge in [-0.15, -0.1) is 0 Å². The van der Waals surface area contributed by atoms with E-state index in [2.05, 4.69) is 40.3 Å². The Kier molecular flexibility index (Phi) is 6.39. The number of hydrogen-bond donors (Lipinski definition) is 1. The molecule has 3 aromatic rings. The van der Waals surface area contributed by atoms with Gasteiger partial charge in [-0.1, -0.05) is 36.7 Å². The Morgan fingerprint density at radius 1 is 1.23 bits per heavy atom. The van der Waals surface area contributed by atoms with Gasteiger partial charge < -0.3 is 10.2 Å². The minimum Gasteiger partial charge on any atom is -0.370 e. The van der Waals surface area contributed by atoms with Gasteiger partial charge in [0.15, 0.2) is 0 Å². The fourth-order valence-electron chi connectivity index (χ4n) is 4.21. The Labute approximate surface area is 187 Å². The molecule has 158 valence electrons. The summed E-state index contributed by atoms with van der Waals surface area (Å²) in [7, 11) is 0. The van der Waals surface area contributed by atoms with Crippen LogP contribution < -0.4 is 10.2 Å². The molecule has 2 heterocycles. The van der Waals surface area contributed by atoms with E-state index in [1.165, 1.54) is 5.56 Å². The van der Waals surface area contributed by atoms with Gasteiger partial charge in [0, 0.05) is 42.2 Å². The fourth-order valence-corrected chi connectivity index (χ4v) is 4.43. The lowest BCUT2D eigenvalue weighted by atomic mass is 9.94. The summed E-state index contributed by atoms with van der Waals surface area (Å²) in [4.78, 5) is 19.4. The number of nitrogens with one attached hydrogen (secondary N) is 1. The Morgan fingerprint density at radius 3 is 2.74 bits per heavy atom. The van der Waals surface area contributed by atoms with Crippen LogP contribution in [0, 0.1) is 17.2 Å². The van der Waals surface area contributed by atoms with Crippen molar-refractivity contribution in [2.45, 2.75) is 32.7 Å². The number of hydrogen-bond acceptors (Lipinski definition) is 4. The number of halogens is 1. The quantitative estimate of drug-likeness (QED) is 0.625. The number of benzene rings is 2. The lowest BCUT2D eigenvalue weighted by Gasteiger charge is -2.34. The van der Waals surface area contributed by atoms with Crippen LogP contribution in [0.15, 0.2) is 48.7 Å². The summed E-state index contributed by atoms with van der Waals surface area (Å²) in [5, 5.41) is 14.4. The molecular weight excluding hydrogens is 408 g/mol. The molecule has 0 atom stereocenters. The van der Waals surface area contributed by atoms with E-state index in [1.807, 2.05) is 30.3 Å². The second-order valence-electron chi connectivity index (χ2n) is 7.95. The van der Waals surface area contributed by atoms with Crippen LogP contribution in [-0.4, -0.2) is 24.0 Å². The van der Waals surface area contributed by atoms with Crippen molar-refractivity contribution in [2.24, 2.45) is 5.92 Å². The number of aromatic nitrogens is 1. The maximum absolute atomic E-state index is 12.7. The summed E-state index contributed by atoms with van der Waals surface area (Å²) in [6.07, 6.45) is 4.10. The number of aryl methyl sites for hydroxylation is 1. The maximum atomic E-state index is 12.7. The molecule has 4 rings (SSSR count). The van der Waals surface area contributed by atoms with Crippen LogP contribution in [0.3, 0.4) is 0 Å². The molecule has 0 saturated carbocycles. The molecule has 1 aliphatic rings. The van der Waals surface area contributed by atoms with E-state index in [9.17, 15) is 10.1 Å². The number of nitrogens with zero attached hydrogens (tertiary/aromatic N) is 3. The highest BCUT2D eigenvalue weighted by atomic mass is 35.5. The highest BCUT2D eigenvalue weighted by Gasteiger charge is 2.27. The van der Waals surface area contributed by atoms with Gasteiger partial charge in [-0.05, 0) is 54.7 Å². The number of pyridine rings is 1. The Bertz CT molecular complexity index is 1150. The fraction of sp³-hybridized carbons (Fsp3) is 0.320. The van der Waals surface area contributed by atoms with Gasteiger partial charge in [0.1, 0.15) is 6.07 Å². The lowest BCUT2D eigenvalue weighted by Crippen LogP contribution is -2.40. The first-order valence-corrected chi connectivity index (χ1v) is 11.1. The third-order valence-electron chi connectivity index (χ3n) is 5.97. The number of piperidine rings is 1. The highest BCUT2D eigenvalue weighted by Crippen LogP contribution is 2.33. The predicted molar refractivity (Wildman–Crippen MR) is 124 cm³/mol. The lowest BCUT2D eigenvalue weighted by molar-refractivity contribution is -0.125. The standard InChI is InChI=1S/C25H25ClN4O/c1-2-17-6-7-23-22(13-17)24(20(14-27)16-28-23)30-10-8-19(9-11-30)25(31)29-15-18-4-3-5-21(26)12-18/h3-7,12-13,16,19H,2,8-11,15H2,1H3,(H,29,31). The van der Waals surface area contributed by atoms with Gasteiger partial charge in [-0.2, -0.15) is 5.26 Å². The second kappa shape index (κ2) is 9.36. The molecule has 1 aromatic heterocycles. The average molecular weight is 433 g/mol. The number of amides is 1. The summed E-state index contributed by atoms with van der Waals surface area (Å²) in [5.41, 5.74) is 4.64. The Balaban J connectivity index is 1.46. The molecule has 31 heavy (non-hydrogen) atoms. The first-order chi connectivity index (χ1) is 15.1. The monoisotopic (exact) mass is 432 g/mol. The van der Waals surface area contributed by atoms with E-state index in [1.54, 1.807) is 6.20 Å². The van der Waals surface area contributed by atoms with Crippen LogP contribution >= 0.6 is 11.6 Å². The van der Waals surface area contributed by atoms with E-state index in [0.717, 1.165) is 54.5 Å². The smallest absolute Gasteiger partial charge is 0.223 e. The van der Waals surface area contributed by atoms with Crippen LogP contribution in [0.5, 0.6) is 0 Å². The van der Waals surface area contributed by atoms with E-state index in [4.69, 9.17) is 11.6 Å². The minimum absolute atomic E-state index is 0.0275. The predicted octanol–water partition coefficient (Wildman–Crippen LogP) is 4.86. The van der Waals surface area contributed by atoms with Gasteiger partial charge in [0.25, 0.3) is 0 Å². The van der Waals surface area contributed by atoms with Crippen molar-refractivity contribution in [1.82, 2.24) is 10.3 Å². The van der Waals surface area contributed by atoms with Crippen LogP contribution in [0.25, 0.3) is 10.9 Å². The van der Waals surface area contributed by atoms with Gasteiger partial charge in [0.05, 0.1) is 16.8 Å². The molecule has 1 saturated heterocycles. The molecule has 0 aliphatic carbocycles. The van der Waals surface area contributed by atoms with Crippen LogP contribution in [0.4, 0.5) is 5.69 Å². The normalized spacial score (nSPS) is 14.4. The number of nitriles is 1. The topological polar surface area (TPSA) is 69.0 Å². The van der Waals surface area contributed by atoms with Crippen molar-refractivity contribution in [3.8, 4) is 6.07 Å². The van der Waals surface area contributed by atoms with Gasteiger partial charge in [-0.3, -0.25) is 9.78 Å². The van der Waals surface area contributed by atoms with Gasteiger partial charge in [-0.25, -0.2) is 0 Å². The maximum Gasteiger partial charge on any atom is 0.223 e. The largest absolute Gasteiger partial charge is 0.370 e. The zero-order chi connectivity index (χ0) is 21.8. The number of rotatable bonds is 5. The van der Waals surface area contributed by atoms with Crippen molar-refractivity contribution in [3.63, 3.8) is 0 Å². The molecule has 0 unspecified atom stereocenters. The molecule has 1 aliphatic heterocycles. The summed E-state index contributed by atoms with van der Waals surface area (Å²) < 4.78 is 0. The number of anilines is 1. The molecule has 0 radical (unpaired) electrons. The van der Waals surface area contributed by atoms with Crippen molar-refractivity contribution in [2.75, 3.05) is 18.0 Å². The molecule has 1 N–H and O–H groups in total. The SMILES string of the molecule is CCc1ccc2ncc(C#N)c(N3CCC(C(=O)NCc4cccc(Cl)c4)CC3)c2c1. The van der Waals surface area contributed by atoms with Crippen molar-refractivity contribution < 1.29 is 4.79 Å². The number of fused-ring (bicyclic) bond motifs is 1. The molecule has 1 fully saturated rings. The number of carbonyl (C=O) groups is 1. The Morgan fingerprint density at radius 2 is 2.03 bits per heavy atom. The molecule has 0 bridgehead atoms. The van der Waals surface area contributed by atoms with Gasteiger partial charge in [0.2, 0.25) is 5.91 Å². The first kappa shape index (κ1) is 21.1. The Hall–Kier alpha value is -3.10. The summed E-state index contributed by atoms with van der Waals surface area (Å²) in [5.74, 6) is 0.0493. The van der Waals surface area contributed by atoms with Crippen molar-refractivity contribution in [3.05, 3.63) is 70.4 Å². The summed E-state index contributed by atoms with van der Waals surface area (Å²) in [6.45, 7) is 4.07. The average Bonchev–Trinajstić information content (AvgIpc) is 2.81. The van der Waals surface area contributed by atoms with E-state index in [-0.39, 0.29) is 11.8 Å². The zero-order valence-corrected chi connectivity index (χ0v) is 18.3. The highest BCUT2D eigenvalue weighted by molar-refractivity contribution is 6.30. The van der Waals surface area contributed by atoms with E-state index >= 15 is 0 Å². The second-order valence-corrected chi connectivity index (χ2v) is 8.38. The van der Waals surface area contributed by atoms with E-state index < -0.39 is 0 Å². The van der Waals surface area contributed by atoms with Crippen LogP contribution in [0.1, 0.15) is 36.5 Å². The third-order valence-corrected chi connectivity index (χ3v) is 6.21. The zero-order valence-electron chi connectivity index (χ0n) is 17.6. The summed E-state index contributed by atoms with van der Waals surface area (Å²) >= 11 is 6.02. The molecule has 1 amide bonds. The third kappa shape index (κ3) is 4.65. The molecule has 2 aromatic carbocycles. The molecule has 6 heteroatoms. The molecule has 0 spiro atoms. The van der Waals surface area contributed by atoms with Crippen molar-refractivity contribution in [1.29, 1.82) is 5.26 Å². The van der Waals surface area contributed by atoms with E-state index in [0.29, 0.717) is 17.1 Å². The van der Waals surface area contributed by atoms with Crippen molar-refractivity contribution >= 4 is 34.1 Å². The molecular formula is C25H25ClN4O. The van der Waals surface area contributed by atoms with Crippen LogP contribution in [-0.2, 0) is 17.8 Å². The summed E-state index contributed by atoms with van der Waals surface area (Å²) in [6, 6.07) is 16.1. The number of carbonyl (C=O) groups excluding carboxylic acids is 1. The molecule has 5 nitrogen and oxygen atoms in total.